The molecule has 0 fully saturated rings. The van der Waals surface area contributed by atoms with Crippen LogP contribution in [0.5, 0.6) is 0 Å². The maximum absolute atomic E-state index is 5.72. The third-order valence-corrected chi connectivity index (χ3v) is 4.01. The van der Waals surface area contributed by atoms with Crippen LogP contribution in [0, 0.1) is 0 Å². The van der Waals surface area contributed by atoms with Crippen molar-refractivity contribution in [2.24, 2.45) is 22.9 Å². The summed E-state index contributed by atoms with van der Waals surface area (Å²) in [6.45, 7) is 3.77. The van der Waals surface area contributed by atoms with Gasteiger partial charge in [0.15, 0.2) is 0 Å². The molecule has 4 unspecified atom stereocenters. The van der Waals surface area contributed by atoms with E-state index in [0.717, 1.165) is 0 Å². The summed E-state index contributed by atoms with van der Waals surface area (Å²) in [7, 11) is 0. The molecule has 0 saturated carbocycles. The zero-order chi connectivity index (χ0) is 9.02. The summed E-state index contributed by atoms with van der Waals surface area (Å²) in [5.74, 6) is 0. The van der Waals surface area contributed by atoms with Crippen LogP contribution in [0.4, 0.5) is 0 Å². The van der Waals surface area contributed by atoms with Crippen molar-refractivity contribution in [3.8, 4) is 0 Å². The van der Waals surface area contributed by atoms with E-state index in [1.165, 1.54) is 0 Å². The quantitative estimate of drug-likeness (QED) is 0.449. The standard InChI is InChI=1S/2C3H9N2.Pd/c2*1-3(5)2-4;/h2*2-3H,4-5H2,1H3;. The molecule has 8 N–H and O–H groups in total. The van der Waals surface area contributed by atoms with Crippen LogP contribution in [-0.2, 0) is 18.0 Å². The zero-order valence-electron chi connectivity index (χ0n) is 6.94. The molecule has 4 nitrogen and oxygen atoms in total. The average Bonchev–Trinajstić information content (AvgIpc) is 1.87. The van der Waals surface area contributed by atoms with Gasteiger partial charge in [0.2, 0.25) is 0 Å². The van der Waals surface area contributed by atoms with Crippen LogP contribution in [0.25, 0.3) is 0 Å². The molecule has 0 aromatic rings. The Bertz CT molecular complexity index is 94.8. The van der Waals surface area contributed by atoms with Gasteiger partial charge in [0.25, 0.3) is 0 Å². The molecule has 0 saturated heterocycles. The van der Waals surface area contributed by atoms with E-state index in [1.807, 2.05) is 13.8 Å². The fourth-order valence-electron chi connectivity index (χ4n) is 0.333. The van der Waals surface area contributed by atoms with Gasteiger partial charge in [0.1, 0.15) is 0 Å². The van der Waals surface area contributed by atoms with Crippen molar-refractivity contribution < 1.29 is 18.0 Å². The molecule has 0 aromatic carbocycles. The molecule has 0 amide bonds. The third kappa shape index (κ3) is 4.86. The first kappa shape index (κ1) is 11.5. The van der Waals surface area contributed by atoms with E-state index in [2.05, 4.69) is 0 Å². The summed E-state index contributed by atoms with van der Waals surface area (Å²) in [6.07, 6.45) is 0. The fourth-order valence-corrected chi connectivity index (χ4v) is 1.97. The molecular weight excluding hydrogens is 235 g/mol. The molecule has 0 bridgehead atoms. The van der Waals surface area contributed by atoms with Gasteiger partial charge in [-0.05, 0) is 0 Å². The molecule has 0 aromatic heterocycles. The van der Waals surface area contributed by atoms with Gasteiger partial charge in [-0.2, -0.15) is 0 Å². The second-order valence-corrected chi connectivity index (χ2v) is 5.22. The Morgan fingerprint density at radius 3 is 1.27 bits per heavy atom. The second kappa shape index (κ2) is 5.20. The predicted molar refractivity (Wildman–Crippen MR) is 43.2 cm³/mol. The molecule has 4 atom stereocenters. The van der Waals surface area contributed by atoms with E-state index in [0.29, 0.717) is 0 Å². The van der Waals surface area contributed by atoms with Crippen molar-refractivity contribution in [3.05, 3.63) is 0 Å². The van der Waals surface area contributed by atoms with E-state index in [1.54, 1.807) is 0 Å². The van der Waals surface area contributed by atoms with Crippen LogP contribution in [0.1, 0.15) is 13.8 Å². The van der Waals surface area contributed by atoms with E-state index >= 15 is 0 Å². The Labute approximate surface area is 76.2 Å². The number of hydrogen-bond acceptors (Lipinski definition) is 4. The van der Waals surface area contributed by atoms with Gasteiger partial charge in [-0.15, -0.1) is 0 Å². The number of rotatable bonds is 4. The van der Waals surface area contributed by atoms with Gasteiger partial charge in [-0.3, -0.25) is 0 Å². The first-order valence-electron chi connectivity index (χ1n) is 3.52. The van der Waals surface area contributed by atoms with E-state index < -0.39 is 0 Å². The summed E-state index contributed by atoms with van der Waals surface area (Å²) in [5, 5.41) is 0. The van der Waals surface area contributed by atoms with E-state index in [-0.39, 0.29) is 39.1 Å². The van der Waals surface area contributed by atoms with Crippen LogP contribution in [-0.4, -0.2) is 21.1 Å². The summed E-state index contributed by atoms with van der Waals surface area (Å²) >= 11 is 0.251. The van der Waals surface area contributed by atoms with Gasteiger partial charge >= 0.3 is 75.9 Å². The third-order valence-electron chi connectivity index (χ3n) is 1.18. The Kier molecular flexibility index (Phi) is 5.44. The zero-order valence-corrected chi connectivity index (χ0v) is 8.49. The summed E-state index contributed by atoms with van der Waals surface area (Å²) < 4.78 is 0.00926. The Morgan fingerprint density at radius 2 is 1.09 bits per heavy atom. The van der Waals surface area contributed by atoms with Crippen molar-refractivity contribution in [2.45, 2.75) is 35.0 Å². The molecule has 72 valence electrons. The van der Waals surface area contributed by atoms with Crippen LogP contribution in [0.15, 0.2) is 0 Å². The normalized spacial score (nSPS) is 22.7. The van der Waals surface area contributed by atoms with E-state index in [4.69, 9.17) is 22.9 Å². The number of nitrogens with two attached hydrogens (primary N) is 4. The van der Waals surface area contributed by atoms with Crippen molar-refractivity contribution in [3.63, 3.8) is 0 Å². The molecule has 0 heterocycles. The van der Waals surface area contributed by atoms with Crippen LogP contribution in [0.2, 0.25) is 0 Å². The van der Waals surface area contributed by atoms with Crippen molar-refractivity contribution >= 4 is 0 Å². The molecular formula is C6H18N4Pd. The van der Waals surface area contributed by atoms with Gasteiger partial charge in [0.05, 0.1) is 0 Å². The molecule has 0 radical (unpaired) electrons. The monoisotopic (exact) mass is 252 g/mol. The van der Waals surface area contributed by atoms with Gasteiger partial charge < -0.3 is 0 Å². The summed E-state index contributed by atoms with van der Waals surface area (Å²) in [6, 6.07) is 0.0163. The molecule has 0 rings (SSSR count). The summed E-state index contributed by atoms with van der Waals surface area (Å²) in [4.78, 5) is 0. The minimum atomic E-state index is 0.00463. The predicted octanol–water partition coefficient (Wildman–Crippen LogP) is -1.67. The summed E-state index contributed by atoms with van der Waals surface area (Å²) in [5.41, 5.74) is 22.6. The molecule has 0 aliphatic heterocycles. The fraction of sp³-hybridized carbons (Fsp3) is 1.00. The van der Waals surface area contributed by atoms with Crippen molar-refractivity contribution in [1.82, 2.24) is 0 Å². The minimum absolute atomic E-state index is 0.00463. The topological polar surface area (TPSA) is 104 Å². The molecule has 0 spiro atoms. The van der Waals surface area contributed by atoms with Crippen molar-refractivity contribution in [1.29, 1.82) is 0 Å². The molecule has 5 heteroatoms. The SMILES string of the molecule is CC(N)[CH](N)[Pd][CH](N)C(C)N. The maximum atomic E-state index is 5.72. The Balaban J connectivity index is 3.66. The first-order chi connectivity index (χ1) is 4.95. The first-order valence-corrected chi connectivity index (χ1v) is 5.31. The van der Waals surface area contributed by atoms with E-state index in [9.17, 15) is 0 Å². The van der Waals surface area contributed by atoms with Gasteiger partial charge in [-0.25, -0.2) is 0 Å². The molecule has 0 aliphatic rings. The Hall–Kier alpha value is 0.502. The second-order valence-electron chi connectivity index (χ2n) is 2.63. The Morgan fingerprint density at radius 1 is 0.818 bits per heavy atom. The molecule has 11 heavy (non-hydrogen) atoms. The van der Waals surface area contributed by atoms with Crippen molar-refractivity contribution in [2.75, 3.05) is 0 Å². The van der Waals surface area contributed by atoms with Gasteiger partial charge in [-0.1, -0.05) is 0 Å². The van der Waals surface area contributed by atoms with Gasteiger partial charge in [0, 0.05) is 0 Å². The number of hydrogen-bond donors (Lipinski definition) is 4. The molecule has 0 aliphatic carbocycles. The van der Waals surface area contributed by atoms with Crippen LogP contribution in [0.3, 0.4) is 0 Å². The average molecular weight is 253 g/mol. The van der Waals surface area contributed by atoms with Crippen LogP contribution < -0.4 is 22.9 Å². The van der Waals surface area contributed by atoms with Crippen LogP contribution >= 0.6 is 0 Å².